The zero-order valence-corrected chi connectivity index (χ0v) is 21.3. The molecule has 1 spiro atoms. The highest BCUT2D eigenvalue weighted by molar-refractivity contribution is 5.85. The SMILES string of the molecule is CN1CCC2(CC1)CN(c1ncc(-c3ccc(-c4cnc5c(cnn5C)c4)cc3OC(=O)C(F)(F)F)nn1)C2. The van der Waals surface area contributed by atoms with E-state index in [1.54, 1.807) is 36.3 Å². The number of alkyl halides is 3. The number of benzene rings is 1. The summed E-state index contributed by atoms with van der Waals surface area (Å²) in [5.41, 5.74) is 2.40. The predicted molar refractivity (Wildman–Crippen MR) is 136 cm³/mol. The van der Waals surface area contributed by atoms with Crippen molar-refractivity contribution in [3.8, 4) is 28.1 Å². The van der Waals surface area contributed by atoms with Gasteiger partial charge in [0.1, 0.15) is 11.4 Å². The Bertz CT molecular complexity index is 1540. The number of fused-ring (bicyclic) bond motifs is 1. The zero-order chi connectivity index (χ0) is 27.4. The maximum Gasteiger partial charge on any atom is 0.491 e. The third-order valence-corrected chi connectivity index (χ3v) is 7.53. The van der Waals surface area contributed by atoms with Gasteiger partial charge in [0.2, 0.25) is 5.95 Å². The molecular formula is C26H25F3N8O2. The lowest BCUT2D eigenvalue weighted by atomic mass is 9.72. The van der Waals surface area contributed by atoms with Crippen LogP contribution in [0, 0.1) is 5.41 Å². The first-order valence-electron chi connectivity index (χ1n) is 12.5. The number of aromatic nitrogens is 6. The number of hydrogen-bond acceptors (Lipinski definition) is 9. The lowest BCUT2D eigenvalue weighted by molar-refractivity contribution is -0.189. The number of carbonyl (C=O) groups is 1. The summed E-state index contributed by atoms with van der Waals surface area (Å²) in [6.45, 7) is 3.82. The van der Waals surface area contributed by atoms with E-state index in [0.717, 1.165) is 44.4 Å². The maximum atomic E-state index is 13.1. The molecule has 202 valence electrons. The molecule has 0 bridgehead atoms. The van der Waals surface area contributed by atoms with Crippen LogP contribution in [-0.4, -0.2) is 80.2 Å². The van der Waals surface area contributed by atoms with Crippen LogP contribution in [-0.2, 0) is 11.8 Å². The van der Waals surface area contributed by atoms with Crippen molar-refractivity contribution in [1.29, 1.82) is 0 Å². The first-order valence-corrected chi connectivity index (χ1v) is 12.5. The molecule has 1 aromatic carbocycles. The van der Waals surface area contributed by atoms with E-state index >= 15 is 0 Å². The van der Waals surface area contributed by atoms with Gasteiger partial charge in [-0.3, -0.25) is 4.68 Å². The Morgan fingerprint density at radius 3 is 2.44 bits per heavy atom. The van der Waals surface area contributed by atoms with E-state index in [1.165, 1.54) is 18.3 Å². The monoisotopic (exact) mass is 538 g/mol. The lowest BCUT2D eigenvalue weighted by Gasteiger charge is -2.53. The van der Waals surface area contributed by atoms with Gasteiger partial charge in [0.15, 0.2) is 5.65 Å². The minimum absolute atomic E-state index is 0.161. The smallest absolute Gasteiger partial charge is 0.419 e. The molecule has 2 saturated heterocycles. The number of aryl methyl sites for hydroxylation is 1. The Morgan fingerprint density at radius 2 is 1.74 bits per heavy atom. The highest BCUT2D eigenvalue weighted by Gasteiger charge is 2.45. The van der Waals surface area contributed by atoms with E-state index in [1.807, 2.05) is 0 Å². The number of anilines is 1. The molecule has 4 aromatic rings. The summed E-state index contributed by atoms with van der Waals surface area (Å²) < 4.78 is 45.7. The number of rotatable bonds is 4. The molecule has 2 fully saturated rings. The second kappa shape index (κ2) is 9.26. The van der Waals surface area contributed by atoms with Gasteiger partial charge in [-0.05, 0) is 56.7 Å². The molecule has 0 saturated carbocycles. The van der Waals surface area contributed by atoms with Crippen molar-refractivity contribution in [2.24, 2.45) is 12.5 Å². The number of hydrogen-bond donors (Lipinski definition) is 0. The molecule has 5 heterocycles. The van der Waals surface area contributed by atoms with E-state index in [0.29, 0.717) is 22.7 Å². The number of esters is 1. The Balaban J connectivity index is 1.28. The third-order valence-electron chi connectivity index (χ3n) is 7.53. The number of halogens is 3. The molecule has 0 unspecified atom stereocenters. The third kappa shape index (κ3) is 4.78. The Morgan fingerprint density at radius 1 is 0.974 bits per heavy atom. The number of carbonyl (C=O) groups excluding carboxylic acids is 1. The Hall–Kier alpha value is -4.13. The van der Waals surface area contributed by atoms with Crippen LogP contribution in [0.3, 0.4) is 0 Å². The fraction of sp³-hybridized carbons (Fsp3) is 0.385. The van der Waals surface area contributed by atoms with Crippen LogP contribution in [0.5, 0.6) is 5.75 Å². The van der Waals surface area contributed by atoms with Gasteiger partial charge in [0, 0.05) is 48.3 Å². The molecule has 0 N–H and O–H groups in total. The molecular weight excluding hydrogens is 513 g/mol. The molecule has 2 aliphatic rings. The molecule has 0 atom stereocenters. The minimum atomic E-state index is -5.17. The number of likely N-dealkylation sites (tertiary alicyclic amines) is 1. The van der Waals surface area contributed by atoms with E-state index in [2.05, 4.69) is 42.1 Å². The normalized spacial score (nSPS) is 17.4. The van der Waals surface area contributed by atoms with Crippen molar-refractivity contribution in [1.82, 2.24) is 34.8 Å². The fourth-order valence-corrected chi connectivity index (χ4v) is 5.21. The van der Waals surface area contributed by atoms with E-state index in [-0.39, 0.29) is 22.4 Å². The minimum Gasteiger partial charge on any atom is -0.419 e. The summed E-state index contributed by atoms with van der Waals surface area (Å²) >= 11 is 0. The van der Waals surface area contributed by atoms with Gasteiger partial charge in [0.05, 0.1) is 12.4 Å². The molecule has 39 heavy (non-hydrogen) atoms. The van der Waals surface area contributed by atoms with E-state index in [9.17, 15) is 18.0 Å². The van der Waals surface area contributed by atoms with Crippen LogP contribution < -0.4 is 9.64 Å². The molecule has 2 aliphatic heterocycles. The van der Waals surface area contributed by atoms with E-state index in [4.69, 9.17) is 4.74 Å². The lowest BCUT2D eigenvalue weighted by Crippen LogP contribution is -2.60. The first kappa shape index (κ1) is 25.2. The van der Waals surface area contributed by atoms with Crippen LogP contribution >= 0.6 is 0 Å². The number of ether oxygens (including phenoxy) is 1. The summed E-state index contributed by atoms with van der Waals surface area (Å²) in [5, 5.41) is 13.4. The van der Waals surface area contributed by atoms with E-state index < -0.39 is 12.1 Å². The van der Waals surface area contributed by atoms with Gasteiger partial charge in [0.25, 0.3) is 0 Å². The highest BCUT2D eigenvalue weighted by atomic mass is 19.4. The molecule has 0 radical (unpaired) electrons. The van der Waals surface area contributed by atoms with Gasteiger partial charge >= 0.3 is 12.1 Å². The average molecular weight is 539 g/mol. The van der Waals surface area contributed by atoms with Crippen molar-refractivity contribution < 1.29 is 22.7 Å². The average Bonchev–Trinajstić information content (AvgIpc) is 3.27. The molecule has 3 aromatic heterocycles. The summed E-state index contributed by atoms with van der Waals surface area (Å²) in [7, 11) is 3.88. The van der Waals surface area contributed by atoms with Gasteiger partial charge in [-0.25, -0.2) is 14.8 Å². The second-order valence-electron chi connectivity index (χ2n) is 10.3. The predicted octanol–water partition coefficient (Wildman–Crippen LogP) is 3.49. The van der Waals surface area contributed by atoms with Crippen LogP contribution in [0.25, 0.3) is 33.4 Å². The quantitative estimate of drug-likeness (QED) is 0.285. The largest absolute Gasteiger partial charge is 0.491 e. The van der Waals surface area contributed by atoms with Crippen LogP contribution in [0.15, 0.2) is 42.9 Å². The number of nitrogens with zero attached hydrogens (tertiary/aromatic N) is 8. The van der Waals surface area contributed by atoms with Crippen molar-refractivity contribution in [3.63, 3.8) is 0 Å². The molecule has 0 aliphatic carbocycles. The second-order valence-corrected chi connectivity index (χ2v) is 10.3. The molecule has 10 nitrogen and oxygen atoms in total. The van der Waals surface area contributed by atoms with Crippen molar-refractivity contribution in [2.45, 2.75) is 19.0 Å². The van der Waals surface area contributed by atoms with Crippen molar-refractivity contribution in [2.75, 3.05) is 38.1 Å². The van der Waals surface area contributed by atoms with Crippen LogP contribution in [0.4, 0.5) is 19.1 Å². The topological polar surface area (TPSA) is 102 Å². The highest BCUT2D eigenvalue weighted by Crippen LogP contribution is 2.41. The van der Waals surface area contributed by atoms with Crippen LogP contribution in [0.1, 0.15) is 12.8 Å². The van der Waals surface area contributed by atoms with Gasteiger partial charge in [-0.1, -0.05) is 6.07 Å². The Kier molecular flexibility index (Phi) is 5.97. The molecule has 6 rings (SSSR count). The molecule has 13 heteroatoms. The zero-order valence-electron chi connectivity index (χ0n) is 21.3. The fourth-order valence-electron chi connectivity index (χ4n) is 5.21. The summed E-state index contributed by atoms with van der Waals surface area (Å²) in [6.07, 6.45) is 1.73. The molecule has 0 amide bonds. The van der Waals surface area contributed by atoms with Gasteiger partial charge in [-0.2, -0.15) is 18.3 Å². The first-order chi connectivity index (χ1) is 18.6. The number of pyridine rings is 1. The summed E-state index contributed by atoms with van der Waals surface area (Å²) in [6, 6.07) is 6.38. The Labute approximate surface area is 221 Å². The van der Waals surface area contributed by atoms with Crippen LogP contribution in [0.2, 0.25) is 0 Å². The standard InChI is InChI=1S/C26H25F3N8O2/c1-35-7-5-25(6-8-35)14-37(15-25)24-31-13-20(33-34-24)19-4-3-16(10-21(19)39-23(38)26(27,28)29)17-9-18-12-32-36(2)22(18)30-11-17/h3-4,9-13H,5-8,14-15H2,1-2H3. The summed E-state index contributed by atoms with van der Waals surface area (Å²) in [5.74, 6) is -2.17. The number of piperidine rings is 1. The maximum absolute atomic E-state index is 13.1. The van der Waals surface area contributed by atoms with Gasteiger partial charge < -0.3 is 14.5 Å². The summed E-state index contributed by atoms with van der Waals surface area (Å²) in [4.78, 5) is 24.9. The van der Waals surface area contributed by atoms with Crippen molar-refractivity contribution >= 4 is 23.0 Å². The van der Waals surface area contributed by atoms with Gasteiger partial charge in [-0.15, -0.1) is 10.2 Å². The van der Waals surface area contributed by atoms with Crippen molar-refractivity contribution in [3.05, 3.63) is 42.9 Å².